The number of para-hydroxylation sites is 2. The Morgan fingerprint density at radius 2 is 0.835 bits per heavy atom. The average Bonchev–Trinajstić information content (AvgIpc) is 2.59. The van der Waals surface area contributed by atoms with Gasteiger partial charge in [-0.1, -0.05) is 180 Å². The molecule has 17 rings (SSSR count). The minimum absolute atomic E-state index is 0.0115. The van der Waals surface area contributed by atoms with Crippen molar-refractivity contribution in [3.63, 3.8) is 0 Å². The van der Waals surface area contributed by atoms with Gasteiger partial charge in [-0.2, -0.15) is 0 Å². The molecule has 11 aromatic rings. The first-order valence-corrected chi connectivity index (χ1v) is 29.6. The van der Waals surface area contributed by atoms with Crippen LogP contribution in [-0.2, 0) is 16.2 Å². The summed E-state index contributed by atoms with van der Waals surface area (Å²) in [4.78, 5) is 5.45. The van der Waals surface area contributed by atoms with Crippen LogP contribution in [0.15, 0.2) is 206 Å². The molecule has 11 aromatic carbocycles. The highest BCUT2D eigenvalue weighted by Crippen LogP contribution is 2.68. The Morgan fingerprint density at radius 1 is 0.367 bits per heavy atom. The van der Waals surface area contributed by atoms with Gasteiger partial charge in [0.2, 0.25) is 0 Å². The summed E-state index contributed by atoms with van der Waals surface area (Å²) < 4.78 is 0. The highest BCUT2D eigenvalue weighted by Gasteiger charge is 2.62. The number of hydrogen-bond acceptors (Lipinski definition) is 2. The standard InChI is InChI=1S/C77H66N2/c1-47-18-16-40-73(3)65-44-53(33-38-68(65)78(75(47,73)5)56-22-9-7-10-23-56)51-31-35-58-59-36-32-52(54-34-39-69-66(45-54)74(4)41-17-19-48(2)76(74,6)79(69)57-24-11-8-12-25-57)43-64(59)77(63(58)42-51)62-27-14-13-26-60(62)72-61-37-30-50-21-15-20-49-28-29-55(46-67(72)77)71(61)70(49)50/h7-15,20-39,42-48H,16-19,40-41H2,1-6H3. The molecular formula is C77H66N2. The summed E-state index contributed by atoms with van der Waals surface area (Å²) in [5.41, 5.74) is 23.7. The summed E-state index contributed by atoms with van der Waals surface area (Å²) in [6.07, 6.45) is 7.35. The van der Waals surface area contributed by atoms with E-state index in [1.54, 1.807) is 0 Å². The molecule has 0 N–H and O–H groups in total. The van der Waals surface area contributed by atoms with Crippen molar-refractivity contribution in [1.82, 2.24) is 0 Å². The normalized spacial score (nSPS) is 26.8. The van der Waals surface area contributed by atoms with Crippen LogP contribution in [0.5, 0.6) is 0 Å². The Morgan fingerprint density at radius 3 is 1.38 bits per heavy atom. The predicted octanol–water partition coefficient (Wildman–Crippen LogP) is 20.2. The molecule has 0 bridgehead atoms. The molecule has 79 heavy (non-hydrogen) atoms. The van der Waals surface area contributed by atoms with Crippen molar-refractivity contribution in [3.05, 3.63) is 240 Å². The first-order valence-electron chi connectivity index (χ1n) is 29.6. The second kappa shape index (κ2) is 15.7. The van der Waals surface area contributed by atoms with Crippen molar-refractivity contribution in [2.45, 2.75) is 107 Å². The molecule has 2 aliphatic heterocycles. The Labute approximate surface area is 465 Å². The van der Waals surface area contributed by atoms with E-state index < -0.39 is 5.41 Å². The molecule has 0 amide bonds. The van der Waals surface area contributed by atoms with E-state index in [1.807, 2.05) is 0 Å². The van der Waals surface area contributed by atoms with Gasteiger partial charge >= 0.3 is 0 Å². The van der Waals surface area contributed by atoms with Crippen LogP contribution in [-0.4, -0.2) is 11.1 Å². The van der Waals surface area contributed by atoms with Crippen LogP contribution in [0.4, 0.5) is 22.7 Å². The predicted molar refractivity (Wildman–Crippen MR) is 332 cm³/mol. The van der Waals surface area contributed by atoms with Gasteiger partial charge in [-0.05, 0) is 228 Å². The molecule has 0 radical (unpaired) electrons. The SMILES string of the molecule is CC1CCCC2(C)c3cc(-c4ccc5c(c4)C4(c6cc(-c7ccc8c(c7)C7(C)CCCC(C)C7(C)N8c7ccccc7)ccc6-5)c5ccccc5-c5c4cc4ccc6cccc7ccc5c4c67)ccc3N(c3ccccc3)C12C. The zero-order valence-corrected chi connectivity index (χ0v) is 46.4. The molecule has 2 fully saturated rings. The summed E-state index contributed by atoms with van der Waals surface area (Å²) in [5, 5.41) is 8.02. The minimum atomic E-state index is -0.568. The molecule has 6 unspecified atom stereocenters. The lowest BCUT2D eigenvalue weighted by Gasteiger charge is -2.54. The van der Waals surface area contributed by atoms with E-state index in [1.165, 1.54) is 171 Å². The molecule has 2 nitrogen and oxygen atoms in total. The Hall–Kier alpha value is -7.94. The zero-order chi connectivity index (χ0) is 53.0. The van der Waals surface area contributed by atoms with Crippen LogP contribution >= 0.6 is 0 Å². The van der Waals surface area contributed by atoms with Crippen LogP contribution in [0, 0.1) is 11.8 Å². The molecule has 0 aromatic heterocycles. The van der Waals surface area contributed by atoms with E-state index in [4.69, 9.17) is 0 Å². The van der Waals surface area contributed by atoms with E-state index in [-0.39, 0.29) is 21.9 Å². The molecular weight excluding hydrogens is 953 g/mol. The summed E-state index contributed by atoms with van der Waals surface area (Å²) in [7, 11) is 0. The number of hydrogen-bond donors (Lipinski definition) is 0. The van der Waals surface area contributed by atoms with E-state index >= 15 is 0 Å². The summed E-state index contributed by atoms with van der Waals surface area (Å²) in [5.74, 6) is 1.07. The molecule has 2 heterocycles. The Bertz CT molecular complexity index is 4200. The van der Waals surface area contributed by atoms with Crippen molar-refractivity contribution < 1.29 is 0 Å². The van der Waals surface area contributed by atoms with Crippen LogP contribution in [0.3, 0.4) is 0 Å². The third kappa shape index (κ3) is 5.49. The van der Waals surface area contributed by atoms with Crippen molar-refractivity contribution >= 4 is 55.1 Å². The van der Waals surface area contributed by atoms with Crippen molar-refractivity contribution in [2.24, 2.45) is 11.8 Å². The lowest BCUT2D eigenvalue weighted by Crippen LogP contribution is -2.59. The molecule has 6 atom stereocenters. The van der Waals surface area contributed by atoms with Crippen molar-refractivity contribution in [1.29, 1.82) is 0 Å². The molecule has 6 aliphatic rings. The van der Waals surface area contributed by atoms with Crippen LogP contribution in [0.25, 0.3) is 76.8 Å². The number of benzene rings is 11. The molecule has 2 saturated carbocycles. The van der Waals surface area contributed by atoms with E-state index in [0.29, 0.717) is 11.8 Å². The maximum Gasteiger partial charge on any atom is 0.0726 e. The van der Waals surface area contributed by atoms with Crippen LogP contribution in [0.1, 0.15) is 113 Å². The molecule has 4 aliphatic carbocycles. The summed E-state index contributed by atoms with van der Waals surface area (Å²) in [6.45, 7) is 15.3. The van der Waals surface area contributed by atoms with Gasteiger partial charge in [0.15, 0.2) is 0 Å². The summed E-state index contributed by atoms with van der Waals surface area (Å²) in [6, 6.07) is 81.0. The summed E-state index contributed by atoms with van der Waals surface area (Å²) >= 11 is 0. The maximum absolute atomic E-state index is 2.72. The number of fused-ring (bicyclic) bond motifs is 17. The second-order valence-corrected chi connectivity index (χ2v) is 25.8. The average molecular weight is 1020 g/mol. The van der Waals surface area contributed by atoms with Crippen LogP contribution < -0.4 is 9.80 Å². The molecule has 2 heteroatoms. The molecule has 384 valence electrons. The Kier molecular flexibility index (Phi) is 9.12. The monoisotopic (exact) mass is 1020 g/mol. The highest BCUT2D eigenvalue weighted by atomic mass is 15.3. The second-order valence-electron chi connectivity index (χ2n) is 25.8. The molecule has 1 spiro atoms. The molecule has 0 saturated heterocycles. The highest BCUT2D eigenvalue weighted by molar-refractivity contribution is 6.27. The number of rotatable bonds is 4. The Balaban J connectivity index is 0.901. The van der Waals surface area contributed by atoms with Gasteiger partial charge in [-0.15, -0.1) is 0 Å². The lowest BCUT2D eigenvalue weighted by molar-refractivity contribution is 0.130. The van der Waals surface area contributed by atoms with Crippen LogP contribution in [0.2, 0.25) is 0 Å². The number of nitrogens with zero attached hydrogens (tertiary/aromatic N) is 2. The van der Waals surface area contributed by atoms with E-state index in [2.05, 4.69) is 258 Å². The van der Waals surface area contributed by atoms with Gasteiger partial charge < -0.3 is 9.80 Å². The first-order chi connectivity index (χ1) is 38.5. The number of anilines is 4. The fourth-order valence-electron chi connectivity index (χ4n) is 18.4. The largest absolute Gasteiger partial charge is 0.334 e. The van der Waals surface area contributed by atoms with Crippen molar-refractivity contribution in [3.8, 4) is 44.5 Å². The minimum Gasteiger partial charge on any atom is -0.334 e. The third-order valence-electron chi connectivity index (χ3n) is 22.9. The van der Waals surface area contributed by atoms with Gasteiger partial charge in [0.25, 0.3) is 0 Å². The zero-order valence-electron chi connectivity index (χ0n) is 46.4. The quantitative estimate of drug-likeness (QED) is 0.162. The maximum atomic E-state index is 2.72. The van der Waals surface area contributed by atoms with Gasteiger partial charge in [0.05, 0.1) is 16.5 Å². The van der Waals surface area contributed by atoms with Gasteiger partial charge in [0.1, 0.15) is 0 Å². The van der Waals surface area contributed by atoms with E-state index in [9.17, 15) is 0 Å². The van der Waals surface area contributed by atoms with E-state index in [0.717, 1.165) is 0 Å². The van der Waals surface area contributed by atoms with Gasteiger partial charge in [0, 0.05) is 33.6 Å². The smallest absolute Gasteiger partial charge is 0.0726 e. The lowest BCUT2D eigenvalue weighted by atomic mass is 9.57. The fraction of sp³-hybridized carbons (Fsp3) is 0.247. The van der Waals surface area contributed by atoms with Gasteiger partial charge in [-0.3, -0.25) is 0 Å². The van der Waals surface area contributed by atoms with Gasteiger partial charge in [-0.25, -0.2) is 0 Å². The fourth-order valence-corrected chi connectivity index (χ4v) is 18.4. The topological polar surface area (TPSA) is 6.48 Å². The van der Waals surface area contributed by atoms with Crippen molar-refractivity contribution in [2.75, 3.05) is 9.80 Å². The first kappa shape index (κ1) is 46.0. The third-order valence-corrected chi connectivity index (χ3v) is 22.9.